The topological polar surface area (TPSA) is 50.8 Å². The van der Waals surface area contributed by atoms with E-state index in [9.17, 15) is 4.79 Å². The average Bonchev–Trinajstić information content (AvgIpc) is 2.12. The minimum Gasteiger partial charge on any atom is -0.444 e. The van der Waals surface area contributed by atoms with Gasteiger partial charge in [0.2, 0.25) is 0 Å². The number of nitrogens with one attached hydrogen (secondary N) is 1. The average molecular weight is 265 g/mol. The standard InChI is InChI=1S/C11H20N2O3.ClH/c1-10(2,3)16-9(14)13-6-11(7-13)8-15-5-4-12-11;/h12H,4-8H2,1-3H3;1H. The number of ether oxygens (including phenoxy) is 2. The quantitative estimate of drug-likeness (QED) is 0.710. The number of carbonyl (C=O) groups is 1. The number of hydrogen-bond acceptors (Lipinski definition) is 4. The molecule has 100 valence electrons. The van der Waals surface area contributed by atoms with Gasteiger partial charge >= 0.3 is 6.09 Å². The van der Waals surface area contributed by atoms with E-state index in [-0.39, 0.29) is 24.0 Å². The first kappa shape index (κ1) is 14.5. The third kappa shape index (κ3) is 3.47. The van der Waals surface area contributed by atoms with Crippen molar-refractivity contribution < 1.29 is 14.3 Å². The van der Waals surface area contributed by atoms with Gasteiger partial charge in [0.15, 0.2) is 0 Å². The molecule has 0 aliphatic carbocycles. The van der Waals surface area contributed by atoms with Gasteiger partial charge in [0.25, 0.3) is 0 Å². The summed E-state index contributed by atoms with van der Waals surface area (Å²) in [5.74, 6) is 0. The first-order valence-corrected chi connectivity index (χ1v) is 5.71. The number of carbonyl (C=O) groups excluding carboxylic acids is 1. The maximum atomic E-state index is 11.7. The van der Waals surface area contributed by atoms with Crippen LogP contribution in [0.15, 0.2) is 0 Å². The molecule has 0 bridgehead atoms. The molecule has 2 fully saturated rings. The molecule has 0 unspecified atom stereocenters. The molecule has 2 aliphatic heterocycles. The van der Waals surface area contributed by atoms with Crippen molar-refractivity contribution >= 4 is 18.5 Å². The summed E-state index contributed by atoms with van der Waals surface area (Å²) in [4.78, 5) is 13.4. The van der Waals surface area contributed by atoms with Crippen molar-refractivity contribution in [1.29, 1.82) is 0 Å². The fourth-order valence-electron chi connectivity index (χ4n) is 2.05. The lowest BCUT2D eigenvalue weighted by atomic mass is 9.90. The summed E-state index contributed by atoms with van der Waals surface area (Å²) < 4.78 is 10.7. The predicted octanol–water partition coefficient (Wildman–Crippen LogP) is 1.02. The van der Waals surface area contributed by atoms with Gasteiger partial charge in [0, 0.05) is 19.6 Å². The van der Waals surface area contributed by atoms with Gasteiger partial charge in [-0.15, -0.1) is 12.4 Å². The Morgan fingerprint density at radius 3 is 2.53 bits per heavy atom. The summed E-state index contributed by atoms with van der Waals surface area (Å²) in [6, 6.07) is 0. The number of halogens is 1. The molecule has 5 nitrogen and oxygen atoms in total. The van der Waals surface area contributed by atoms with Gasteiger partial charge < -0.3 is 19.7 Å². The van der Waals surface area contributed by atoms with Crippen LogP contribution in [0.3, 0.4) is 0 Å². The lowest BCUT2D eigenvalue weighted by molar-refractivity contribution is -0.0652. The fraction of sp³-hybridized carbons (Fsp3) is 0.909. The highest BCUT2D eigenvalue weighted by molar-refractivity contribution is 5.85. The van der Waals surface area contributed by atoms with Crippen LogP contribution in [0.5, 0.6) is 0 Å². The van der Waals surface area contributed by atoms with Crippen molar-refractivity contribution in [3.63, 3.8) is 0 Å². The molecular formula is C11H21ClN2O3. The molecule has 0 saturated carbocycles. The Hall–Kier alpha value is -0.520. The monoisotopic (exact) mass is 264 g/mol. The van der Waals surface area contributed by atoms with Crippen molar-refractivity contribution in [3.8, 4) is 0 Å². The number of likely N-dealkylation sites (tertiary alicyclic amines) is 1. The second kappa shape index (κ2) is 5.00. The molecule has 1 spiro atoms. The molecule has 2 aliphatic rings. The summed E-state index contributed by atoms with van der Waals surface area (Å²) in [5, 5.41) is 3.41. The van der Waals surface area contributed by atoms with E-state index in [1.165, 1.54) is 0 Å². The van der Waals surface area contributed by atoms with Crippen LogP contribution in [0.2, 0.25) is 0 Å². The molecule has 17 heavy (non-hydrogen) atoms. The van der Waals surface area contributed by atoms with Crippen molar-refractivity contribution in [3.05, 3.63) is 0 Å². The molecule has 0 atom stereocenters. The summed E-state index contributed by atoms with van der Waals surface area (Å²) >= 11 is 0. The molecule has 2 saturated heterocycles. The second-order valence-corrected chi connectivity index (χ2v) is 5.60. The zero-order chi connectivity index (χ0) is 11.8. The van der Waals surface area contributed by atoms with Crippen molar-refractivity contribution in [2.75, 3.05) is 32.8 Å². The number of nitrogens with zero attached hydrogens (tertiary/aromatic N) is 1. The van der Waals surface area contributed by atoms with E-state index in [1.807, 2.05) is 20.8 Å². The fourth-order valence-corrected chi connectivity index (χ4v) is 2.05. The van der Waals surface area contributed by atoms with Crippen LogP contribution in [0.1, 0.15) is 20.8 Å². The van der Waals surface area contributed by atoms with Crippen LogP contribution in [0.25, 0.3) is 0 Å². The Kier molecular flexibility index (Phi) is 4.28. The van der Waals surface area contributed by atoms with Crippen LogP contribution >= 0.6 is 12.4 Å². The van der Waals surface area contributed by atoms with E-state index in [1.54, 1.807) is 4.90 Å². The minimum atomic E-state index is -0.420. The molecule has 1 amide bonds. The third-order valence-electron chi connectivity index (χ3n) is 2.76. The van der Waals surface area contributed by atoms with Crippen LogP contribution < -0.4 is 5.32 Å². The Labute approximate surface area is 108 Å². The Balaban J connectivity index is 0.00000144. The molecule has 6 heteroatoms. The Morgan fingerprint density at radius 2 is 2.06 bits per heavy atom. The first-order valence-electron chi connectivity index (χ1n) is 5.71. The van der Waals surface area contributed by atoms with E-state index in [4.69, 9.17) is 9.47 Å². The summed E-state index contributed by atoms with van der Waals surface area (Å²) in [6.45, 7) is 9.31. The van der Waals surface area contributed by atoms with E-state index in [0.29, 0.717) is 19.7 Å². The van der Waals surface area contributed by atoms with Gasteiger partial charge in [-0.2, -0.15) is 0 Å². The van der Waals surface area contributed by atoms with Crippen molar-refractivity contribution in [2.45, 2.75) is 31.9 Å². The lowest BCUT2D eigenvalue weighted by Gasteiger charge is -2.51. The van der Waals surface area contributed by atoms with Gasteiger partial charge in [0.1, 0.15) is 5.60 Å². The zero-order valence-corrected chi connectivity index (χ0v) is 11.4. The van der Waals surface area contributed by atoms with Crippen LogP contribution in [-0.4, -0.2) is 55.0 Å². The van der Waals surface area contributed by atoms with Crippen LogP contribution in [0, 0.1) is 0 Å². The minimum absolute atomic E-state index is 0. The number of rotatable bonds is 0. The summed E-state index contributed by atoms with van der Waals surface area (Å²) in [7, 11) is 0. The van der Waals surface area contributed by atoms with Crippen molar-refractivity contribution in [2.24, 2.45) is 0 Å². The lowest BCUT2D eigenvalue weighted by Crippen LogP contribution is -2.74. The van der Waals surface area contributed by atoms with Gasteiger partial charge in [-0.25, -0.2) is 4.79 Å². The highest BCUT2D eigenvalue weighted by Gasteiger charge is 2.47. The zero-order valence-electron chi connectivity index (χ0n) is 10.6. The smallest absolute Gasteiger partial charge is 0.410 e. The van der Waals surface area contributed by atoms with Gasteiger partial charge in [-0.05, 0) is 20.8 Å². The van der Waals surface area contributed by atoms with Gasteiger partial charge in [-0.3, -0.25) is 0 Å². The van der Waals surface area contributed by atoms with E-state index in [2.05, 4.69) is 5.32 Å². The van der Waals surface area contributed by atoms with Crippen LogP contribution in [0.4, 0.5) is 4.79 Å². The van der Waals surface area contributed by atoms with Crippen molar-refractivity contribution in [1.82, 2.24) is 10.2 Å². The maximum absolute atomic E-state index is 11.7. The molecule has 0 aromatic carbocycles. The SMILES string of the molecule is CC(C)(C)OC(=O)N1CC2(COCCN2)C1.Cl. The van der Waals surface area contributed by atoms with E-state index in [0.717, 1.165) is 13.2 Å². The van der Waals surface area contributed by atoms with Gasteiger partial charge in [-0.1, -0.05) is 0 Å². The molecule has 0 aromatic rings. The number of amides is 1. The second-order valence-electron chi connectivity index (χ2n) is 5.60. The maximum Gasteiger partial charge on any atom is 0.410 e. The number of hydrogen-bond donors (Lipinski definition) is 1. The number of morpholine rings is 1. The molecule has 2 heterocycles. The summed E-state index contributed by atoms with van der Waals surface area (Å²) in [5.41, 5.74) is -0.439. The Morgan fingerprint density at radius 1 is 1.41 bits per heavy atom. The molecule has 1 N–H and O–H groups in total. The highest BCUT2D eigenvalue weighted by atomic mass is 35.5. The van der Waals surface area contributed by atoms with E-state index >= 15 is 0 Å². The summed E-state index contributed by atoms with van der Waals surface area (Å²) in [6.07, 6.45) is -0.231. The largest absolute Gasteiger partial charge is 0.444 e. The first-order chi connectivity index (χ1) is 7.40. The van der Waals surface area contributed by atoms with Crippen LogP contribution in [-0.2, 0) is 9.47 Å². The Bertz CT molecular complexity index is 277. The molecular weight excluding hydrogens is 244 g/mol. The molecule has 2 rings (SSSR count). The highest BCUT2D eigenvalue weighted by Crippen LogP contribution is 2.25. The predicted molar refractivity (Wildman–Crippen MR) is 66.6 cm³/mol. The third-order valence-corrected chi connectivity index (χ3v) is 2.76. The normalized spacial score (nSPS) is 22.6. The molecule has 0 radical (unpaired) electrons. The molecule has 0 aromatic heterocycles. The van der Waals surface area contributed by atoms with Gasteiger partial charge in [0.05, 0.1) is 18.8 Å². The van der Waals surface area contributed by atoms with E-state index < -0.39 is 5.60 Å².